The Kier molecular flexibility index (Phi) is 1.60. The van der Waals surface area contributed by atoms with E-state index in [2.05, 4.69) is 0 Å². The van der Waals surface area contributed by atoms with Crippen molar-refractivity contribution in [2.24, 2.45) is 0 Å². The molecule has 0 aliphatic carbocycles. The largest absolute Gasteiger partial charge is 0.378 e. The first-order chi connectivity index (χ1) is 2.94. The van der Waals surface area contributed by atoms with E-state index in [4.69, 9.17) is 10.2 Å². The molecule has 0 rings (SSSR count). The fourth-order valence-corrected chi connectivity index (χ4v) is 0. The first-order valence-corrected chi connectivity index (χ1v) is 1.36. The molecule has 0 aromatic rings. The van der Waals surface area contributed by atoms with Crippen LogP contribution in [0, 0.1) is 0 Å². The molecule has 0 bridgehead atoms. The van der Waals surface area contributed by atoms with Gasteiger partial charge < -0.3 is 10.2 Å². The van der Waals surface area contributed by atoms with Crippen LogP contribution in [0.1, 0.15) is 0 Å². The zero-order valence-electron chi connectivity index (χ0n) is 3.11. The molecule has 2 nitrogen and oxygen atoms in total. The van der Waals surface area contributed by atoms with Gasteiger partial charge in [0.2, 0.25) is 0 Å². The number of alkyl halides is 3. The number of halogens is 3. The third-order valence-corrected chi connectivity index (χ3v) is 0.278. The standard InChI is InChI=1S/C2H3F3O2/c3-1(4)2(5,6)7/h1,6-7H. The molecule has 0 amide bonds. The van der Waals surface area contributed by atoms with Gasteiger partial charge in [0.05, 0.1) is 0 Å². The highest BCUT2D eigenvalue weighted by atomic mass is 19.3. The van der Waals surface area contributed by atoms with E-state index in [0.717, 1.165) is 0 Å². The Hall–Kier alpha value is -0.290. The summed E-state index contributed by atoms with van der Waals surface area (Å²) in [6.07, 6.45) is -3.76. The van der Waals surface area contributed by atoms with Crippen molar-refractivity contribution in [1.29, 1.82) is 0 Å². The quantitative estimate of drug-likeness (QED) is 0.468. The summed E-state index contributed by atoms with van der Waals surface area (Å²) in [5.74, 6) is 0. The monoisotopic (exact) mass is 116 g/mol. The van der Waals surface area contributed by atoms with Crippen molar-refractivity contribution in [1.82, 2.24) is 0 Å². The predicted octanol–water partition coefficient (Wildman–Crippen LogP) is -0.141. The predicted molar refractivity (Wildman–Crippen MR) is 14.3 cm³/mol. The first kappa shape index (κ1) is 6.71. The third kappa shape index (κ3) is 2.41. The van der Waals surface area contributed by atoms with Gasteiger partial charge in [0, 0.05) is 0 Å². The maximum absolute atomic E-state index is 10.9. The van der Waals surface area contributed by atoms with E-state index in [9.17, 15) is 13.2 Å². The zero-order chi connectivity index (χ0) is 6.08. The molecule has 0 atom stereocenters. The van der Waals surface area contributed by atoms with Gasteiger partial charge in [-0.05, 0) is 0 Å². The van der Waals surface area contributed by atoms with Crippen molar-refractivity contribution < 1.29 is 23.4 Å². The summed E-state index contributed by atoms with van der Waals surface area (Å²) in [7, 11) is 0. The molecule has 0 spiro atoms. The van der Waals surface area contributed by atoms with Crippen LogP contribution in [-0.2, 0) is 0 Å². The fraction of sp³-hybridized carbons (Fsp3) is 1.00. The number of rotatable bonds is 1. The van der Waals surface area contributed by atoms with Crippen LogP contribution in [-0.4, -0.2) is 22.7 Å². The van der Waals surface area contributed by atoms with E-state index in [1.807, 2.05) is 0 Å². The molecule has 5 heteroatoms. The average molecular weight is 116 g/mol. The lowest BCUT2D eigenvalue weighted by atomic mass is 10.6. The molecule has 7 heavy (non-hydrogen) atoms. The smallest absolute Gasteiger partial charge is 0.335 e. The molecule has 0 aliphatic heterocycles. The Bertz CT molecular complexity index is 56.4. The molecule has 0 unspecified atom stereocenters. The molecule has 0 aromatic carbocycles. The van der Waals surface area contributed by atoms with Crippen molar-refractivity contribution in [3.63, 3.8) is 0 Å². The third-order valence-electron chi connectivity index (χ3n) is 0.278. The summed E-state index contributed by atoms with van der Waals surface area (Å²) in [5.41, 5.74) is 0. The average Bonchev–Trinajstić information content (AvgIpc) is 1.31. The van der Waals surface area contributed by atoms with Crippen LogP contribution in [0.5, 0.6) is 0 Å². The highest BCUT2D eigenvalue weighted by Gasteiger charge is 2.34. The molecule has 0 radical (unpaired) electrons. The van der Waals surface area contributed by atoms with E-state index in [-0.39, 0.29) is 0 Å². The zero-order valence-corrected chi connectivity index (χ0v) is 3.11. The molecular weight excluding hydrogens is 113 g/mol. The van der Waals surface area contributed by atoms with E-state index in [0.29, 0.717) is 0 Å². The number of hydrogen-bond donors (Lipinski definition) is 2. The summed E-state index contributed by atoms with van der Waals surface area (Å²) in [6.45, 7) is 0. The van der Waals surface area contributed by atoms with Crippen molar-refractivity contribution in [3.8, 4) is 0 Å². The van der Waals surface area contributed by atoms with Gasteiger partial charge in [-0.1, -0.05) is 0 Å². The van der Waals surface area contributed by atoms with Gasteiger partial charge in [0.25, 0.3) is 0 Å². The van der Waals surface area contributed by atoms with Gasteiger partial charge in [-0.25, -0.2) is 8.78 Å². The van der Waals surface area contributed by atoms with Gasteiger partial charge in [-0.3, -0.25) is 0 Å². The van der Waals surface area contributed by atoms with Crippen LogP contribution in [0.4, 0.5) is 13.2 Å². The Labute approximate surface area is 37.2 Å². The Morgan fingerprint density at radius 3 is 1.43 bits per heavy atom. The van der Waals surface area contributed by atoms with Crippen molar-refractivity contribution in [2.75, 3.05) is 0 Å². The Morgan fingerprint density at radius 2 is 1.43 bits per heavy atom. The molecular formula is C2H3F3O2. The summed E-state index contributed by atoms with van der Waals surface area (Å²) in [5, 5.41) is 14.5. The molecule has 44 valence electrons. The highest BCUT2D eigenvalue weighted by molar-refractivity contribution is 4.46. The van der Waals surface area contributed by atoms with Gasteiger partial charge >= 0.3 is 12.5 Å². The van der Waals surface area contributed by atoms with Crippen LogP contribution in [0.25, 0.3) is 0 Å². The highest BCUT2D eigenvalue weighted by Crippen LogP contribution is 2.11. The van der Waals surface area contributed by atoms with E-state index >= 15 is 0 Å². The van der Waals surface area contributed by atoms with Crippen LogP contribution >= 0.6 is 0 Å². The van der Waals surface area contributed by atoms with E-state index < -0.39 is 12.5 Å². The molecule has 0 saturated heterocycles. The van der Waals surface area contributed by atoms with Crippen LogP contribution in [0.3, 0.4) is 0 Å². The van der Waals surface area contributed by atoms with Crippen molar-refractivity contribution in [3.05, 3.63) is 0 Å². The van der Waals surface area contributed by atoms with Crippen LogP contribution in [0.15, 0.2) is 0 Å². The second-order valence-corrected chi connectivity index (χ2v) is 0.937. The van der Waals surface area contributed by atoms with Gasteiger partial charge in [-0.2, -0.15) is 4.39 Å². The molecule has 0 heterocycles. The first-order valence-electron chi connectivity index (χ1n) is 1.36. The maximum Gasteiger partial charge on any atom is 0.378 e. The number of hydrogen-bond acceptors (Lipinski definition) is 2. The van der Waals surface area contributed by atoms with Crippen molar-refractivity contribution >= 4 is 0 Å². The molecule has 0 fully saturated rings. The lowest BCUT2D eigenvalue weighted by Gasteiger charge is -2.06. The minimum Gasteiger partial charge on any atom is -0.335 e. The minimum atomic E-state index is -4.33. The van der Waals surface area contributed by atoms with E-state index in [1.165, 1.54) is 0 Å². The minimum absolute atomic E-state index is 3.76. The van der Waals surface area contributed by atoms with Crippen molar-refractivity contribution in [2.45, 2.75) is 12.5 Å². The Balaban J connectivity index is 3.54. The normalized spacial score (nSPS) is 12.9. The molecule has 2 N–H and O–H groups in total. The molecule has 0 aromatic heterocycles. The lowest BCUT2D eigenvalue weighted by molar-refractivity contribution is -0.320. The second kappa shape index (κ2) is 1.67. The fourth-order valence-electron chi connectivity index (χ4n) is 0. The topological polar surface area (TPSA) is 40.5 Å². The SMILES string of the molecule is OC(O)(F)C(F)F. The molecule has 0 saturated carbocycles. The molecule has 0 aliphatic rings. The van der Waals surface area contributed by atoms with Gasteiger partial charge in [-0.15, -0.1) is 0 Å². The summed E-state index contributed by atoms with van der Waals surface area (Å²) < 4.78 is 32.2. The van der Waals surface area contributed by atoms with Crippen LogP contribution in [0.2, 0.25) is 0 Å². The van der Waals surface area contributed by atoms with Gasteiger partial charge in [0.15, 0.2) is 0 Å². The number of aliphatic hydroxyl groups is 2. The van der Waals surface area contributed by atoms with E-state index in [1.54, 1.807) is 0 Å². The van der Waals surface area contributed by atoms with Gasteiger partial charge in [0.1, 0.15) is 0 Å². The maximum atomic E-state index is 10.9. The summed E-state index contributed by atoms with van der Waals surface area (Å²) in [6, 6.07) is -4.33. The second-order valence-electron chi connectivity index (χ2n) is 0.937. The summed E-state index contributed by atoms with van der Waals surface area (Å²) in [4.78, 5) is 0. The van der Waals surface area contributed by atoms with Crippen LogP contribution < -0.4 is 0 Å². The Morgan fingerprint density at radius 1 is 1.29 bits per heavy atom. The summed E-state index contributed by atoms with van der Waals surface area (Å²) >= 11 is 0. The lowest BCUT2D eigenvalue weighted by Crippen LogP contribution is -2.30.